The summed E-state index contributed by atoms with van der Waals surface area (Å²) in [5, 5.41) is 9.47. The van der Waals surface area contributed by atoms with E-state index in [0.29, 0.717) is 24.8 Å². The van der Waals surface area contributed by atoms with Crippen LogP contribution < -0.4 is 0 Å². The minimum atomic E-state index is -1.22. The van der Waals surface area contributed by atoms with Gasteiger partial charge in [0.25, 0.3) is 0 Å². The number of piperidine rings is 1. The lowest BCUT2D eigenvalue weighted by Crippen LogP contribution is -2.53. The number of hydrogen-bond donors (Lipinski definition) is 1. The van der Waals surface area contributed by atoms with Crippen LogP contribution in [-0.4, -0.2) is 48.3 Å². The number of carboxylic acids is 1. The molecule has 2 aliphatic heterocycles. The van der Waals surface area contributed by atoms with Gasteiger partial charge in [0.1, 0.15) is 11.6 Å². The quantitative estimate of drug-likeness (QED) is 0.756. The van der Waals surface area contributed by atoms with Crippen molar-refractivity contribution in [2.45, 2.75) is 64.0 Å². The summed E-state index contributed by atoms with van der Waals surface area (Å²) in [4.78, 5) is 25.3. The van der Waals surface area contributed by atoms with Crippen LogP contribution in [0, 0.1) is 11.8 Å². The van der Waals surface area contributed by atoms with Crippen LogP contribution in [0.3, 0.4) is 0 Å². The maximum atomic E-state index is 12.3. The Bertz CT molecular complexity index is 443. The summed E-state index contributed by atoms with van der Waals surface area (Å²) in [6.07, 6.45) is 0.0927. The molecule has 1 amide bonds. The number of fused-ring (bicyclic) bond motifs is 1. The van der Waals surface area contributed by atoms with Gasteiger partial charge in [-0.05, 0) is 39.0 Å². The van der Waals surface area contributed by atoms with Gasteiger partial charge in [-0.15, -0.1) is 0 Å². The minimum Gasteiger partial charge on any atom is -0.480 e. The summed E-state index contributed by atoms with van der Waals surface area (Å²) in [7, 11) is -1.22. The van der Waals surface area contributed by atoms with Crippen LogP contribution in [0.4, 0.5) is 4.79 Å². The molecule has 0 aliphatic carbocycles. The molecule has 0 bridgehead atoms. The van der Waals surface area contributed by atoms with Gasteiger partial charge < -0.3 is 9.84 Å². The van der Waals surface area contributed by atoms with E-state index in [9.17, 15) is 14.7 Å². The van der Waals surface area contributed by atoms with Gasteiger partial charge in [0, 0.05) is 14.6 Å². The third-order valence-electron chi connectivity index (χ3n) is 4.54. The highest BCUT2D eigenvalue weighted by atomic mass is 28.3. The van der Waals surface area contributed by atoms with Gasteiger partial charge in [0.15, 0.2) is 0 Å². The first kappa shape index (κ1) is 16.3. The van der Waals surface area contributed by atoms with E-state index in [2.05, 4.69) is 13.1 Å². The summed E-state index contributed by atoms with van der Waals surface area (Å²) in [5.41, 5.74) is -0.597. The molecule has 0 radical (unpaired) electrons. The Labute approximate surface area is 127 Å². The predicted octanol–water partition coefficient (Wildman–Crippen LogP) is 3.03. The number of likely N-dealkylation sites (tertiary alicyclic amines) is 1. The molecule has 2 saturated heterocycles. The van der Waals surface area contributed by atoms with Crippen LogP contribution in [-0.2, 0) is 9.53 Å². The Kier molecular flexibility index (Phi) is 4.12. The van der Waals surface area contributed by atoms with Crippen molar-refractivity contribution >= 4 is 20.1 Å². The Balaban J connectivity index is 2.15. The highest BCUT2D eigenvalue weighted by Crippen LogP contribution is 2.46. The van der Waals surface area contributed by atoms with E-state index in [0.717, 1.165) is 0 Å². The van der Waals surface area contributed by atoms with Crippen LogP contribution in [0.1, 0.15) is 27.2 Å². The number of carbonyl (C=O) groups excluding carboxylic acids is 1. The molecule has 0 spiro atoms. The number of ether oxygens (including phenoxy) is 1. The van der Waals surface area contributed by atoms with Gasteiger partial charge >= 0.3 is 12.1 Å². The van der Waals surface area contributed by atoms with E-state index in [1.807, 2.05) is 0 Å². The average Bonchev–Trinajstić information content (AvgIpc) is 2.57. The SMILES string of the molecule is CC(C)(C)OC(=O)N1CC2C[Si](C)(C)CC2CC1C(=O)O. The van der Waals surface area contributed by atoms with Gasteiger partial charge in [0.2, 0.25) is 0 Å². The van der Waals surface area contributed by atoms with Crippen molar-refractivity contribution in [1.82, 2.24) is 4.90 Å². The molecule has 2 heterocycles. The molecule has 0 aromatic rings. The molecule has 1 N–H and O–H groups in total. The Hall–Kier alpha value is -1.04. The third-order valence-corrected chi connectivity index (χ3v) is 7.80. The first-order valence-electron chi connectivity index (χ1n) is 7.71. The number of carbonyl (C=O) groups is 2. The summed E-state index contributed by atoms with van der Waals surface area (Å²) in [5.74, 6) is 0.00641. The Morgan fingerprint density at radius 2 is 1.76 bits per heavy atom. The van der Waals surface area contributed by atoms with Crippen LogP contribution in [0.25, 0.3) is 0 Å². The average molecular weight is 313 g/mol. The van der Waals surface area contributed by atoms with Crippen molar-refractivity contribution in [2.75, 3.05) is 6.54 Å². The van der Waals surface area contributed by atoms with Gasteiger partial charge in [-0.2, -0.15) is 0 Å². The first-order chi connectivity index (χ1) is 9.48. The zero-order valence-electron chi connectivity index (χ0n) is 13.7. The number of carboxylic acid groups (broad SMARTS) is 1. The highest BCUT2D eigenvalue weighted by Gasteiger charge is 2.49. The smallest absolute Gasteiger partial charge is 0.411 e. The number of hydrogen-bond acceptors (Lipinski definition) is 3. The van der Waals surface area contributed by atoms with Crippen molar-refractivity contribution in [1.29, 1.82) is 0 Å². The van der Waals surface area contributed by atoms with E-state index in [4.69, 9.17) is 4.74 Å². The lowest BCUT2D eigenvalue weighted by atomic mass is 9.84. The summed E-state index contributed by atoms with van der Waals surface area (Å²) >= 11 is 0. The van der Waals surface area contributed by atoms with Gasteiger partial charge in [-0.3, -0.25) is 4.90 Å². The summed E-state index contributed by atoms with van der Waals surface area (Å²) in [6.45, 7) is 10.7. The fraction of sp³-hybridized carbons (Fsp3) is 0.867. The molecule has 3 unspecified atom stereocenters. The molecular formula is C15H27NO4Si. The molecule has 3 atom stereocenters. The second kappa shape index (κ2) is 5.30. The molecule has 2 rings (SSSR count). The minimum absolute atomic E-state index is 0.454. The van der Waals surface area contributed by atoms with Crippen molar-refractivity contribution in [3.8, 4) is 0 Å². The number of nitrogens with zero attached hydrogens (tertiary/aromatic N) is 1. The first-order valence-corrected chi connectivity index (χ1v) is 11.1. The highest BCUT2D eigenvalue weighted by molar-refractivity contribution is 6.78. The maximum Gasteiger partial charge on any atom is 0.411 e. The van der Waals surface area contributed by atoms with Crippen LogP contribution in [0.2, 0.25) is 25.2 Å². The number of amides is 1. The fourth-order valence-electron chi connectivity index (χ4n) is 3.88. The maximum absolute atomic E-state index is 12.3. The Morgan fingerprint density at radius 1 is 1.19 bits per heavy atom. The molecule has 2 aliphatic rings. The molecule has 0 saturated carbocycles. The van der Waals surface area contributed by atoms with Crippen molar-refractivity contribution < 1.29 is 19.4 Å². The van der Waals surface area contributed by atoms with E-state index in [1.165, 1.54) is 17.0 Å². The van der Waals surface area contributed by atoms with E-state index in [-0.39, 0.29) is 0 Å². The topological polar surface area (TPSA) is 66.8 Å². The molecule has 120 valence electrons. The zero-order valence-corrected chi connectivity index (χ0v) is 14.7. The molecule has 5 nitrogen and oxygen atoms in total. The van der Waals surface area contributed by atoms with Crippen molar-refractivity contribution in [3.05, 3.63) is 0 Å². The van der Waals surface area contributed by atoms with Crippen LogP contribution in [0.15, 0.2) is 0 Å². The van der Waals surface area contributed by atoms with Gasteiger partial charge in [-0.1, -0.05) is 25.2 Å². The summed E-state index contributed by atoms with van der Waals surface area (Å²) < 4.78 is 5.39. The molecule has 0 aromatic carbocycles. The van der Waals surface area contributed by atoms with Gasteiger partial charge in [-0.25, -0.2) is 9.59 Å². The van der Waals surface area contributed by atoms with E-state index < -0.39 is 31.8 Å². The number of aliphatic carboxylic acids is 1. The molecule has 6 heteroatoms. The lowest BCUT2D eigenvalue weighted by molar-refractivity contribution is -0.145. The second-order valence-electron chi connectivity index (χ2n) is 8.32. The normalized spacial score (nSPS) is 31.7. The second-order valence-corrected chi connectivity index (χ2v) is 13.5. The summed E-state index contributed by atoms with van der Waals surface area (Å²) in [6, 6.07) is 1.64. The largest absolute Gasteiger partial charge is 0.480 e. The third kappa shape index (κ3) is 3.78. The van der Waals surface area contributed by atoms with E-state index in [1.54, 1.807) is 20.8 Å². The van der Waals surface area contributed by atoms with Crippen molar-refractivity contribution in [2.24, 2.45) is 11.8 Å². The monoisotopic (exact) mass is 313 g/mol. The predicted molar refractivity (Wildman–Crippen MR) is 83.1 cm³/mol. The molecule has 2 fully saturated rings. The van der Waals surface area contributed by atoms with Gasteiger partial charge in [0.05, 0.1) is 0 Å². The molecule has 21 heavy (non-hydrogen) atoms. The zero-order chi connectivity index (χ0) is 16.0. The fourth-order valence-corrected chi connectivity index (χ4v) is 7.84. The molecular weight excluding hydrogens is 286 g/mol. The molecule has 0 aromatic heterocycles. The van der Waals surface area contributed by atoms with Crippen LogP contribution in [0.5, 0.6) is 0 Å². The Morgan fingerprint density at radius 3 is 2.29 bits per heavy atom. The van der Waals surface area contributed by atoms with E-state index >= 15 is 0 Å². The van der Waals surface area contributed by atoms with Crippen molar-refractivity contribution in [3.63, 3.8) is 0 Å². The van der Waals surface area contributed by atoms with Crippen LogP contribution >= 0.6 is 0 Å². The standard InChI is InChI=1S/C15H27NO4Si/c1-15(2,3)20-14(19)16-7-11-9-21(4,5)8-10(11)6-12(16)13(17)18/h10-12H,6-9H2,1-5H3,(H,17,18). The number of rotatable bonds is 1. The lowest BCUT2D eigenvalue weighted by Gasteiger charge is -2.40.